The minimum atomic E-state index is -0.474. The van der Waals surface area contributed by atoms with E-state index >= 15 is 0 Å². The molecule has 1 unspecified atom stereocenters. The molecule has 1 amide bonds. The molecule has 3 heterocycles. The molecule has 0 saturated carbocycles. The Morgan fingerprint density at radius 3 is 2.72 bits per heavy atom. The predicted octanol–water partition coefficient (Wildman–Crippen LogP) is 1.84. The second-order valence-corrected chi connectivity index (χ2v) is 7.11. The number of nitrogens with zero attached hydrogens (tertiary/aromatic N) is 3. The maximum absolute atomic E-state index is 12.6. The fourth-order valence-corrected chi connectivity index (χ4v) is 3.37. The van der Waals surface area contributed by atoms with Crippen molar-refractivity contribution < 1.29 is 9.63 Å². The number of H-pyrrole nitrogens is 1. The van der Waals surface area contributed by atoms with E-state index in [1.807, 2.05) is 11.8 Å². The SMILES string of the molecule is CCc1nc(C2CCN(C(=O)C3CC(C(C)C)=NO3)CC2)cc(=O)[nH]1. The molecule has 1 aromatic heterocycles. The molecule has 0 spiro atoms. The first-order valence-corrected chi connectivity index (χ1v) is 9.09. The number of amides is 1. The number of aryl methyl sites for hydroxylation is 1. The number of oxime groups is 1. The second kappa shape index (κ2) is 7.37. The van der Waals surface area contributed by atoms with Gasteiger partial charge in [0.05, 0.1) is 11.4 Å². The van der Waals surface area contributed by atoms with Crippen LogP contribution in [0.15, 0.2) is 16.0 Å². The quantitative estimate of drug-likeness (QED) is 0.901. The number of rotatable bonds is 4. The van der Waals surface area contributed by atoms with E-state index in [1.165, 1.54) is 0 Å². The summed E-state index contributed by atoms with van der Waals surface area (Å²) < 4.78 is 0. The Bertz CT molecular complexity index is 717. The number of likely N-dealkylation sites (tertiary alicyclic amines) is 1. The Morgan fingerprint density at radius 2 is 2.12 bits per heavy atom. The summed E-state index contributed by atoms with van der Waals surface area (Å²) in [5.74, 6) is 1.27. The van der Waals surface area contributed by atoms with Crippen molar-refractivity contribution in [1.29, 1.82) is 0 Å². The number of hydrogen-bond acceptors (Lipinski definition) is 5. The number of aromatic amines is 1. The molecule has 1 N–H and O–H groups in total. The van der Waals surface area contributed by atoms with Crippen LogP contribution < -0.4 is 5.56 Å². The third kappa shape index (κ3) is 3.91. The standard InChI is InChI=1S/C18H26N4O3/c1-4-16-19-14(10-17(23)20-16)12-5-7-22(8-6-12)18(24)15-9-13(11(2)3)21-25-15/h10-12,15H,4-9H2,1-3H3,(H,19,20,23). The predicted molar refractivity (Wildman–Crippen MR) is 94.6 cm³/mol. The molecule has 2 aliphatic rings. The summed E-state index contributed by atoms with van der Waals surface area (Å²) in [7, 11) is 0. The summed E-state index contributed by atoms with van der Waals surface area (Å²) in [6.45, 7) is 7.41. The van der Waals surface area contributed by atoms with Crippen LogP contribution in [0.3, 0.4) is 0 Å². The van der Waals surface area contributed by atoms with Gasteiger partial charge in [0.2, 0.25) is 6.10 Å². The Labute approximate surface area is 147 Å². The minimum absolute atomic E-state index is 0.0194. The lowest BCUT2D eigenvalue weighted by molar-refractivity contribution is -0.143. The van der Waals surface area contributed by atoms with Gasteiger partial charge >= 0.3 is 0 Å². The summed E-state index contributed by atoms with van der Waals surface area (Å²) in [5.41, 5.74) is 1.70. The van der Waals surface area contributed by atoms with Gasteiger partial charge < -0.3 is 14.7 Å². The Kier molecular flexibility index (Phi) is 5.20. The van der Waals surface area contributed by atoms with E-state index in [-0.39, 0.29) is 17.4 Å². The molecule has 7 nitrogen and oxygen atoms in total. The molecule has 0 radical (unpaired) electrons. The molecular weight excluding hydrogens is 320 g/mol. The molecule has 136 valence electrons. The van der Waals surface area contributed by atoms with Gasteiger partial charge in [0, 0.05) is 37.9 Å². The van der Waals surface area contributed by atoms with Crippen LogP contribution in [0.1, 0.15) is 57.5 Å². The van der Waals surface area contributed by atoms with Gasteiger partial charge in [-0.15, -0.1) is 0 Å². The van der Waals surface area contributed by atoms with Crippen molar-refractivity contribution in [2.75, 3.05) is 13.1 Å². The van der Waals surface area contributed by atoms with E-state index < -0.39 is 6.10 Å². The fourth-order valence-electron chi connectivity index (χ4n) is 3.37. The van der Waals surface area contributed by atoms with Crippen molar-refractivity contribution in [2.45, 2.75) is 58.5 Å². The molecule has 1 saturated heterocycles. The first-order chi connectivity index (χ1) is 12.0. The molecule has 7 heteroatoms. The summed E-state index contributed by atoms with van der Waals surface area (Å²) in [4.78, 5) is 38.9. The van der Waals surface area contributed by atoms with E-state index in [4.69, 9.17) is 4.84 Å². The average Bonchev–Trinajstić information content (AvgIpc) is 3.11. The first-order valence-electron chi connectivity index (χ1n) is 9.09. The van der Waals surface area contributed by atoms with Gasteiger partial charge in [-0.3, -0.25) is 9.59 Å². The maximum Gasteiger partial charge on any atom is 0.266 e. The topological polar surface area (TPSA) is 87.7 Å². The fraction of sp³-hybridized carbons (Fsp3) is 0.667. The van der Waals surface area contributed by atoms with Crippen molar-refractivity contribution in [3.8, 4) is 0 Å². The zero-order chi connectivity index (χ0) is 18.0. The summed E-state index contributed by atoms with van der Waals surface area (Å²) in [6.07, 6.45) is 2.45. The smallest absolute Gasteiger partial charge is 0.266 e. The largest absolute Gasteiger partial charge is 0.382 e. The highest BCUT2D eigenvalue weighted by Crippen LogP contribution is 2.27. The molecule has 0 aliphatic carbocycles. The van der Waals surface area contributed by atoms with Crippen LogP contribution in [0.25, 0.3) is 0 Å². The maximum atomic E-state index is 12.6. The number of aromatic nitrogens is 2. The van der Waals surface area contributed by atoms with Crippen molar-refractivity contribution in [2.24, 2.45) is 11.1 Å². The lowest BCUT2D eigenvalue weighted by atomic mass is 9.92. The second-order valence-electron chi connectivity index (χ2n) is 7.11. The van der Waals surface area contributed by atoms with Crippen LogP contribution in [0.2, 0.25) is 0 Å². The lowest BCUT2D eigenvalue weighted by Gasteiger charge is -2.32. The Hall–Kier alpha value is -2.18. The van der Waals surface area contributed by atoms with Crippen molar-refractivity contribution in [3.63, 3.8) is 0 Å². The number of carbonyl (C=O) groups excluding carboxylic acids is 1. The number of carbonyl (C=O) groups is 1. The summed E-state index contributed by atoms with van der Waals surface area (Å²) in [6, 6.07) is 1.59. The molecule has 1 fully saturated rings. The first kappa shape index (κ1) is 17.6. The number of nitrogens with one attached hydrogen (secondary N) is 1. The summed E-state index contributed by atoms with van der Waals surface area (Å²) >= 11 is 0. The van der Waals surface area contributed by atoms with E-state index in [0.29, 0.717) is 31.8 Å². The van der Waals surface area contributed by atoms with E-state index in [2.05, 4.69) is 29.0 Å². The minimum Gasteiger partial charge on any atom is -0.382 e. The lowest BCUT2D eigenvalue weighted by Crippen LogP contribution is -2.43. The van der Waals surface area contributed by atoms with Crippen LogP contribution in [0, 0.1) is 5.92 Å². The van der Waals surface area contributed by atoms with Crippen LogP contribution in [0.5, 0.6) is 0 Å². The molecule has 2 aliphatic heterocycles. The number of hydrogen-bond donors (Lipinski definition) is 1. The van der Waals surface area contributed by atoms with Crippen LogP contribution in [-0.4, -0.2) is 45.7 Å². The van der Waals surface area contributed by atoms with Gasteiger partial charge in [-0.25, -0.2) is 4.98 Å². The Balaban J connectivity index is 1.58. The summed E-state index contributed by atoms with van der Waals surface area (Å²) in [5, 5.41) is 4.04. The molecule has 3 rings (SSSR count). The molecule has 0 bridgehead atoms. The number of piperidine rings is 1. The third-order valence-electron chi connectivity index (χ3n) is 5.00. The van der Waals surface area contributed by atoms with Crippen molar-refractivity contribution in [3.05, 3.63) is 27.9 Å². The molecule has 25 heavy (non-hydrogen) atoms. The van der Waals surface area contributed by atoms with Crippen LogP contribution >= 0.6 is 0 Å². The zero-order valence-corrected chi connectivity index (χ0v) is 15.1. The zero-order valence-electron chi connectivity index (χ0n) is 15.1. The van der Waals surface area contributed by atoms with E-state index in [9.17, 15) is 9.59 Å². The van der Waals surface area contributed by atoms with Gasteiger partial charge in [0.1, 0.15) is 5.82 Å². The van der Waals surface area contributed by atoms with E-state index in [1.54, 1.807) is 6.07 Å². The van der Waals surface area contributed by atoms with Gasteiger partial charge in [0.25, 0.3) is 11.5 Å². The molecule has 0 aromatic carbocycles. The molecule has 1 atom stereocenters. The highest BCUT2D eigenvalue weighted by Gasteiger charge is 2.34. The normalized spacial score (nSPS) is 21.4. The van der Waals surface area contributed by atoms with E-state index in [0.717, 1.165) is 30.1 Å². The average molecular weight is 346 g/mol. The van der Waals surface area contributed by atoms with Gasteiger partial charge in [-0.2, -0.15) is 0 Å². The van der Waals surface area contributed by atoms with Gasteiger partial charge in [0.15, 0.2) is 0 Å². The van der Waals surface area contributed by atoms with Gasteiger partial charge in [-0.05, 0) is 18.8 Å². The van der Waals surface area contributed by atoms with Crippen LogP contribution in [-0.2, 0) is 16.1 Å². The Morgan fingerprint density at radius 1 is 1.40 bits per heavy atom. The highest BCUT2D eigenvalue weighted by molar-refractivity contribution is 5.93. The molecule has 1 aromatic rings. The molecular formula is C18H26N4O3. The third-order valence-corrected chi connectivity index (χ3v) is 5.00. The van der Waals surface area contributed by atoms with Gasteiger partial charge in [-0.1, -0.05) is 25.9 Å². The van der Waals surface area contributed by atoms with Crippen molar-refractivity contribution in [1.82, 2.24) is 14.9 Å². The monoisotopic (exact) mass is 346 g/mol. The van der Waals surface area contributed by atoms with Crippen molar-refractivity contribution >= 4 is 11.6 Å². The van der Waals surface area contributed by atoms with Crippen LogP contribution in [0.4, 0.5) is 0 Å². The highest BCUT2D eigenvalue weighted by atomic mass is 16.6.